The Balaban J connectivity index is 2.74. The van der Waals surface area contributed by atoms with Crippen LogP contribution >= 0.6 is 0 Å². The van der Waals surface area contributed by atoms with Gasteiger partial charge < -0.3 is 0 Å². The number of aromatic nitrogens is 2. The number of unbranched alkanes of at least 4 members (excludes halogenated alkanes) is 3. The van der Waals surface area contributed by atoms with Crippen LogP contribution in [-0.4, -0.2) is 31.3 Å². The van der Waals surface area contributed by atoms with Gasteiger partial charge in [0.15, 0.2) is 0 Å². The molecule has 1 heterocycles. The molecule has 1 N–H and O–H groups in total. The van der Waals surface area contributed by atoms with Crippen LogP contribution in [0, 0.1) is 0 Å². The third-order valence-corrected chi connectivity index (χ3v) is 9.14. The first-order chi connectivity index (χ1) is 9.26. The molecule has 1 aromatic heterocycles. The van der Waals surface area contributed by atoms with Gasteiger partial charge in [0.1, 0.15) is 0 Å². The Kier molecular flexibility index (Phi) is 8.84. The molecule has 0 atom stereocenters. The molecule has 0 fully saturated rings. The number of H-pyrrole nitrogens is 1. The molecule has 0 bridgehead atoms. The maximum atomic E-state index is 4.16. The fourth-order valence-corrected chi connectivity index (χ4v) is 7.73. The van der Waals surface area contributed by atoms with E-state index in [9.17, 15) is 0 Å². The molecule has 2 radical (unpaired) electrons. The molecule has 1 aromatic rings. The van der Waals surface area contributed by atoms with E-state index >= 15 is 0 Å². The Bertz CT molecular complexity index is 287. The summed E-state index contributed by atoms with van der Waals surface area (Å²) in [5.74, 6) is 0. The zero-order valence-electron chi connectivity index (χ0n) is 13.0. The molecule has 0 aliphatic heterocycles. The van der Waals surface area contributed by atoms with Crippen LogP contribution in [0.25, 0.3) is 0 Å². The summed E-state index contributed by atoms with van der Waals surface area (Å²) in [6.45, 7) is 6.98. The zero-order chi connectivity index (χ0) is 14.0. The molecule has 0 aliphatic rings. The summed E-state index contributed by atoms with van der Waals surface area (Å²) in [7, 11) is 0. The molecule has 0 aliphatic carbocycles. The van der Waals surface area contributed by atoms with Crippen LogP contribution in [0.3, 0.4) is 0 Å². The normalized spacial score (nSPS) is 11.9. The van der Waals surface area contributed by atoms with E-state index in [1.54, 1.807) is 0 Å². The van der Waals surface area contributed by atoms with Gasteiger partial charge in [0.25, 0.3) is 0 Å². The van der Waals surface area contributed by atoms with Crippen molar-refractivity contribution in [2.75, 3.05) is 0 Å². The Morgan fingerprint density at radius 3 is 1.89 bits per heavy atom. The Hall–Kier alpha value is 0.00870. The van der Waals surface area contributed by atoms with E-state index in [0.29, 0.717) is 3.43 Å². The topological polar surface area (TPSA) is 28.7 Å². The summed E-state index contributed by atoms with van der Waals surface area (Å²) in [5, 5.41) is 7.41. The Labute approximate surface area is 129 Å². The first-order valence-electron chi connectivity index (χ1n) is 8.04. The first kappa shape index (κ1) is 17.1. The third-order valence-electron chi connectivity index (χ3n) is 3.93. The van der Waals surface area contributed by atoms with Gasteiger partial charge in [-0.1, -0.05) is 0 Å². The summed E-state index contributed by atoms with van der Waals surface area (Å²) in [6.07, 6.45) is 14.5. The predicted octanol–water partition coefficient (Wildman–Crippen LogP) is 4.47. The van der Waals surface area contributed by atoms with Crippen LogP contribution < -0.4 is 3.71 Å². The van der Waals surface area contributed by atoms with Crippen LogP contribution in [0.15, 0.2) is 12.3 Å². The number of nitrogens with one attached hydrogen (secondary N) is 1. The second kappa shape index (κ2) is 9.84. The van der Waals surface area contributed by atoms with E-state index in [1.807, 2.05) is 6.20 Å². The van der Waals surface area contributed by atoms with Gasteiger partial charge in [-0.05, 0) is 0 Å². The first-order valence-corrected chi connectivity index (χ1v) is 10.9. The van der Waals surface area contributed by atoms with Crippen LogP contribution in [0.5, 0.6) is 0 Å². The van der Waals surface area contributed by atoms with Crippen molar-refractivity contribution in [3.63, 3.8) is 0 Å². The van der Waals surface area contributed by atoms with Crippen molar-refractivity contribution in [3.05, 3.63) is 12.3 Å². The van der Waals surface area contributed by atoms with Gasteiger partial charge in [-0.2, -0.15) is 0 Å². The average molecular weight is 369 g/mol. The standard InChI is InChI=1S/C13H27.C3H3N2.Sn/c1-4-7-10-13(11-8-5-2)12-9-6-3;1-2-4-5-3-1;/h4-12H2,1-3H3;1-2H,(H,4,5);. The quantitative estimate of drug-likeness (QED) is 0.573. The van der Waals surface area contributed by atoms with Crippen molar-refractivity contribution in [3.8, 4) is 0 Å². The van der Waals surface area contributed by atoms with Crippen molar-refractivity contribution >= 4 is 24.9 Å². The number of nitrogens with zero attached hydrogens (tertiary/aromatic N) is 1. The molecule has 1 rings (SSSR count). The van der Waals surface area contributed by atoms with E-state index in [2.05, 4.69) is 37.0 Å². The van der Waals surface area contributed by atoms with Gasteiger partial charge in [0.2, 0.25) is 0 Å². The van der Waals surface area contributed by atoms with Gasteiger partial charge >= 0.3 is 129 Å². The fourth-order valence-electron chi connectivity index (χ4n) is 2.72. The van der Waals surface area contributed by atoms with Crippen molar-refractivity contribution in [2.24, 2.45) is 0 Å². The predicted molar refractivity (Wildman–Crippen MR) is 85.2 cm³/mol. The number of rotatable bonds is 11. The van der Waals surface area contributed by atoms with Gasteiger partial charge in [0.05, 0.1) is 0 Å². The molecule has 2 nitrogen and oxygen atoms in total. The van der Waals surface area contributed by atoms with E-state index < -0.39 is 21.1 Å². The van der Waals surface area contributed by atoms with Crippen LogP contribution in [0.1, 0.15) is 78.6 Å². The van der Waals surface area contributed by atoms with Crippen LogP contribution in [-0.2, 0) is 0 Å². The van der Waals surface area contributed by atoms with E-state index in [-0.39, 0.29) is 0 Å². The van der Waals surface area contributed by atoms with Crippen molar-refractivity contribution < 1.29 is 0 Å². The molecular formula is C16H30N2Sn. The van der Waals surface area contributed by atoms with Gasteiger partial charge in [-0.25, -0.2) is 0 Å². The molecule has 0 unspecified atom stereocenters. The third kappa shape index (κ3) is 6.33. The Morgan fingerprint density at radius 2 is 1.53 bits per heavy atom. The zero-order valence-corrected chi connectivity index (χ0v) is 15.8. The minimum absolute atomic E-state index is 0.561. The summed E-state index contributed by atoms with van der Waals surface area (Å²) < 4.78 is 2.17. The van der Waals surface area contributed by atoms with Gasteiger partial charge in [-0.15, -0.1) is 0 Å². The summed E-state index contributed by atoms with van der Waals surface area (Å²) >= 11 is -0.561. The molecule has 0 saturated heterocycles. The van der Waals surface area contributed by atoms with Crippen molar-refractivity contribution in [2.45, 2.75) is 82.0 Å². The Morgan fingerprint density at radius 1 is 1.00 bits per heavy atom. The molecule has 0 amide bonds. The summed E-state index contributed by atoms with van der Waals surface area (Å²) in [6, 6.07) is 2.23. The van der Waals surface area contributed by atoms with Gasteiger partial charge in [-0.3, -0.25) is 0 Å². The van der Waals surface area contributed by atoms with Crippen LogP contribution in [0.4, 0.5) is 0 Å². The molecule has 19 heavy (non-hydrogen) atoms. The van der Waals surface area contributed by atoms with E-state index in [1.165, 1.54) is 61.5 Å². The second-order valence-electron chi connectivity index (χ2n) is 5.69. The van der Waals surface area contributed by atoms with E-state index in [4.69, 9.17) is 0 Å². The second-order valence-corrected chi connectivity index (χ2v) is 11.0. The molecule has 0 aromatic carbocycles. The summed E-state index contributed by atoms with van der Waals surface area (Å²) in [5.41, 5.74) is 0. The number of aromatic amines is 1. The minimum atomic E-state index is -0.561. The summed E-state index contributed by atoms with van der Waals surface area (Å²) in [4.78, 5) is 0. The molecular weight excluding hydrogens is 339 g/mol. The van der Waals surface area contributed by atoms with Crippen LogP contribution in [0.2, 0.25) is 3.43 Å². The van der Waals surface area contributed by atoms with Crippen molar-refractivity contribution in [1.29, 1.82) is 0 Å². The SMILES string of the molecule is CCCC[C](CCCC)(CCCC)[Sn][c]1ccn[nH]1. The monoisotopic (exact) mass is 370 g/mol. The molecule has 3 heteroatoms. The van der Waals surface area contributed by atoms with Crippen molar-refractivity contribution in [1.82, 2.24) is 10.2 Å². The number of hydrogen-bond acceptors (Lipinski definition) is 1. The molecule has 108 valence electrons. The molecule has 0 spiro atoms. The van der Waals surface area contributed by atoms with Gasteiger partial charge in [0, 0.05) is 0 Å². The average Bonchev–Trinajstić information content (AvgIpc) is 2.93. The number of hydrogen-bond donors (Lipinski definition) is 1. The van der Waals surface area contributed by atoms with E-state index in [0.717, 1.165) is 0 Å². The molecule has 0 saturated carbocycles. The fraction of sp³-hybridized carbons (Fsp3) is 0.812. The maximum absolute atomic E-state index is 4.16.